The van der Waals surface area contributed by atoms with Crippen molar-refractivity contribution in [1.29, 1.82) is 0 Å². The van der Waals surface area contributed by atoms with Gasteiger partial charge in [-0.1, -0.05) is 13.8 Å². The van der Waals surface area contributed by atoms with Gasteiger partial charge >= 0.3 is 17.9 Å². The van der Waals surface area contributed by atoms with E-state index in [1.165, 1.54) is 32.1 Å². The minimum Gasteiger partial charge on any atom is -0.458 e. The van der Waals surface area contributed by atoms with Gasteiger partial charge in [-0.25, -0.2) is 0 Å². The first-order valence-corrected chi connectivity index (χ1v) is 12.6. The molecule has 0 N–H and O–H groups in total. The zero-order chi connectivity index (χ0) is 21.5. The van der Waals surface area contributed by atoms with Crippen molar-refractivity contribution in [2.45, 2.75) is 89.4 Å². The number of hydrogen-bond donors (Lipinski definition) is 0. The molecule has 6 saturated carbocycles. The maximum absolute atomic E-state index is 13.7. The Morgan fingerprint density at radius 3 is 2.29 bits per heavy atom. The molecule has 31 heavy (non-hydrogen) atoms. The van der Waals surface area contributed by atoms with Gasteiger partial charge in [0, 0.05) is 18.3 Å². The third kappa shape index (κ3) is 2.72. The summed E-state index contributed by atoms with van der Waals surface area (Å²) in [5.41, 5.74) is -0.372. The van der Waals surface area contributed by atoms with Crippen LogP contribution in [0.1, 0.15) is 71.6 Å². The summed E-state index contributed by atoms with van der Waals surface area (Å²) >= 11 is 0. The zero-order valence-electron chi connectivity index (χ0n) is 18.6. The van der Waals surface area contributed by atoms with E-state index < -0.39 is 17.9 Å². The Hall–Kier alpha value is -1.59. The van der Waals surface area contributed by atoms with Gasteiger partial charge in [0.2, 0.25) is 0 Å². The molecule has 0 aromatic heterocycles. The van der Waals surface area contributed by atoms with Crippen LogP contribution in [0.5, 0.6) is 0 Å². The molecule has 0 spiro atoms. The first kappa shape index (κ1) is 20.0. The summed E-state index contributed by atoms with van der Waals surface area (Å²) in [6.07, 6.45) is 7.79. The van der Waals surface area contributed by atoms with E-state index in [2.05, 4.69) is 6.92 Å². The highest BCUT2D eigenvalue weighted by atomic mass is 16.6. The Balaban J connectivity index is 1.25. The number of carbonyl (C=O) groups excluding carboxylic acids is 3. The number of carbonyl (C=O) groups is 3. The molecule has 170 valence electrons. The second-order valence-corrected chi connectivity index (χ2v) is 11.3. The van der Waals surface area contributed by atoms with Gasteiger partial charge < -0.3 is 14.2 Å². The Morgan fingerprint density at radius 1 is 1.00 bits per heavy atom. The van der Waals surface area contributed by atoms with Crippen LogP contribution in [0.25, 0.3) is 0 Å². The van der Waals surface area contributed by atoms with Crippen LogP contribution in [0.2, 0.25) is 0 Å². The van der Waals surface area contributed by atoms with Crippen molar-refractivity contribution in [3.05, 3.63) is 0 Å². The van der Waals surface area contributed by atoms with Crippen LogP contribution in [-0.2, 0) is 28.6 Å². The van der Waals surface area contributed by atoms with Gasteiger partial charge in [0.25, 0.3) is 0 Å². The van der Waals surface area contributed by atoms with Gasteiger partial charge in [0.15, 0.2) is 0 Å². The minimum atomic E-state index is -0.531. The Morgan fingerprint density at radius 2 is 1.68 bits per heavy atom. The normalized spacial score (nSPS) is 50.6. The van der Waals surface area contributed by atoms with Crippen molar-refractivity contribution in [3.8, 4) is 0 Å². The van der Waals surface area contributed by atoms with E-state index in [0.29, 0.717) is 31.1 Å². The average molecular weight is 431 g/mol. The average Bonchev–Trinajstić information content (AvgIpc) is 3.34. The molecular formula is C25H34O6. The van der Waals surface area contributed by atoms with Crippen molar-refractivity contribution < 1.29 is 28.6 Å². The number of rotatable bonds is 6. The van der Waals surface area contributed by atoms with Gasteiger partial charge in [-0.2, -0.15) is 0 Å². The van der Waals surface area contributed by atoms with E-state index in [1.54, 1.807) is 0 Å². The van der Waals surface area contributed by atoms with Gasteiger partial charge in [-0.05, 0) is 75.0 Å². The molecule has 6 bridgehead atoms. The minimum absolute atomic E-state index is 0.0226. The van der Waals surface area contributed by atoms with Crippen LogP contribution in [0.15, 0.2) is 0 Å². The summed E-state index contributed by atoms with van der Waals surface area (Å²) in [6.45, 7) is 4.09. The van der Waals surface area contributed by atoms with Crippen LogP contribution < -0.4 is 0 Å². The highest BCUT2D eigenvalue weighted by Crippen LogP contribution is 2.63. The van der Waals surface area contributed by atoms with E-state index in [4.69, 9.17) is 14.2 Å². The van der Waals surface area contributed by atoms with Gasteiger partial charge in [0.1, 0.15) is 17.8 Å². The molecule has 1 saturated heterocycles. The molecule has 0 aromatic rings. The predicted octanol–water partition coefficient (Wildman–Crippen LogP) is 3.65. The first-order valence-electron chi connectivity index (χ1n) is 12.6. The summed E-state index contributed by atoms with van der Waals surface area (Å²) in [6, 6.07) is 0. The highest BCUT2D eigenvalue weighted by molar-refractivity contribution is 5.86. The van der Waals surface area contributed by atoms with E-state index in [0.717, 1.165) is 18.3 Å². The number of fused-ring (bicyclic) bond motifs is 1. The molecule has 7 aliphatic rings. The highest BCUT2D eigenvalue weighted by Gasteiger charge is 2.71. The molecule has 6 heteroatoms. The van der Waals surface area contributed by atoms with Crippen LogP contribution in [0.3, 0.4) is 0 Å². The summed E-state index contributed by atoms with van der Waals surface area (Å²) in [5.74, 6) is 0.576. The third-order valence-electron chi connectivity index (χ3n) is 9.90. The SMILES string of the molecule is CCCC(=O)OC1C2CC3C1OC(=O)C3C2C(=O)OC1(CC)C2CC3CC(C2)CC1C3. The third-order valence-corrected chi connectivity index (χ3v) is 9.90. The van der Waals surface area contributed by atoms with Gasteiger partial charge in [-0.15, -0.1) is 0 Å². The largest absolute Gasteiger partial charge is 0.458 e. The number of hydrogen-bond acceptors (Lipinski definition) is 6. The fraction of sp³-hybridized carbons (Fsp3) is 0.880. The van der Waals surface area contributed by atoms with Crippen molar-refractivity contribution in [2.75, 3.05) is 0 Å². The molecule has 6 nitrogen and oxygen atoms in total. The second kappa shape index (κ2) is 6.95. The summed E-state index contributed by atoms with van der Waals surface area (Å²) in [7, 11) is 0. The number of ether oxygens (including phenoxy) is 3. The monoisotopic (exact) mass is 430 g/mol. The zero-order valence-corrected chi connectivity index (χ0v) is 18.6. The molecule has 6 aliphatic carbocycles. The van der Waals surface area contributed by atoms with Crippen molar-refractivity contribution in [2.24, 2.45) is 47.3 Å². The quantitative estimate of drug-likeness (QED) is 0.473. The van der Waals surface area contributed by atoms with E-state index in [-0.39, 0.29) is 41.4 Å². The van der Waals surface area contributed by atoms with Crippen LogP contribution in [0, 0.1) is 47.3 Å². The molecule has 0 radical (unpaired) electrons. The summed E-state index contributed by atoms with van der Waals surface area (Å²) in [5, 5.41) is 0. The van der Waals surface area contributed by atoms with Crippen molar-refractivity contribution >= 4 is 17.9 Å². The Bertz CT molecular complexity index is 776. The topological polar surface area (TPSA) is 78.9 Å². The van der Waals surface area contributed by atoms with E-state index >= 15 is 0 Å². The van der Waals surface area contributed by atoms with Gasteiger partial charge in [-0.3, -0.25) is 14.4 Å². The number of esters is 3. The van der Waals surface area contributed by atoms with Crippen LogP contribution >= 0.6 is 0 Å². The van der Waals surface area contributed by atoms with Gasteiger partial charge in [0.05, 0.1) is 11.8 Å². The molecule has 6 atom stereocenters. The van der Waals surface area contributed by atoms with E-state index in [1.807, 2.05) is 6.92 Å². The van der Waals surface area contributed by atoms with Crippen LogP contribution in [-0.4, -0.2) is 35.7 Å². The second-order valence-electron chi connectivity index (χ2n) is 11.3. The fourth-order valence-corrected chi connectivity index (χ4v) is 8.94. The van der Waals surface area contributed by atoms with Crippen LogP contribution in [0.4, 0.5) is 0 Å². The Kier molecular flexibility index (Phi) is 4.50. The molecule has 1 aliphatic heterocycles. The maximum Gasteiger partial charge on any atom is 0.310 e. The molecule has 7 fully saturated rings. The maximum atomic E-state index is 13.7. The standard InChI is InChI=1S/C25H34O6/c1-3-5-18(26)29-21-17-11-16-19(23(27)30-22(16)21)20(17)24(28)31-25(4-2)14-7-12-6-13(9-14)10-15(25)8-12/h12-17,19-22H,3-11H2,1-2H3. The van der Waals surface area contributed by atoms with Crippen molar-refractivity contribution in [3.63, 3.8) is 0 Å². The van der Waals surface area contributed by atoms with Crippen molar-refractivity contribution in [1.82, 2.24) is 0 Å². The Labute approximate surface area is 183 Å². The van der Waals surface area contributed by atoms with E-state index in [9.17, 15) is 14.4 Å². The molecule has 6 unspecified atom stereocenters. The molecule has 7 rings (SSSR count). The smallest absolute Gasteiger partial charge is 0.310 e. The lowest BCUT2D eigenvalue weighted by Crippen LogP contribution is -2.60. The fourth-order valence-electron chi connectivity index (χ4n) is 8.94. The first-order chi connectivity index (χ1) is 14.9. The molecular weight excluding hydrogens is 396 g/mol. The lowest BCUT2D eigenvalue weighted by atomic mass is 9.49. The molecule has 0 amide bonds. The summed E-state index contributed by atoms with van der Waals surface area (Å²) in [4.78, 5) is 38.6. The molecule has 1 heterocycles. The predicted molar refractivity (Wildman–Crippen MR) is 109 cm³/mol. The lowest BCUT2D eigenvalue weighted by Gasteiger charge is -2.60. The molecule has 0 aromatic carbocycles. The lowest BCUT2D eigenvalue weighted by molar-refractivity contribution is -0.218. The summed E-state index contributed by atoms with van der Waals surface area (Å²) < 4.78 is 17.9.